The summed E-state index contributed by atoms with van der Waals surface area (Å²) in [5.41, 5.74) is 5.15. The lowest BCUT2D eigenvalue weighted by Crippen LogP contribution is -2.17. The maximum Gasteiger partial charge on any atom is 0.319 e. The van der Waals surface area contributed by atoms with Gasteiger partial charge in [-0.3, -0.25) is 4.79 Å². The van der Waals surface area contributed by atoms with Crippen molar-refractivity contribution >= 4 is 5.97 Å². The molecule has 0 aliphatic carbocycles. The molecule has 0 aromatic rings. The summed E-state index contributed by atoms with van der Waals surface area (Å²) in [6.07, 6.45) is 28.9. The van der Waals surface area contributed by atoms with E-state index in [1.54, 1.807) is 0 Å². The second kappa shape index (κ2) is 20.4. The molecule has 0 atom stereocenters. The number of hydrogen-bond acceptors (Lipinski definition) is 3. The molecule has 0 heterocycles. The van der Waals surface area contributed by atoms with Crippen LogP contribution in [0.2, 0.25) is 0 Å². The quantitative estimate of drug-likeness (QED) is 0.223. The molecule has 0 radical (unpaired) electrons. The monoisotopic (exact) mass is 347 g/mol. The van der Waals surface area contributed by atoms with Crippen LogP contribution in [-0.2, 0) is 9.53 Å². The first-order valence-corrected chi connectivity index (χ1v) is 9.77. The van der Waals surface area contributed by atoms with Crippen molar-refractivity contribution in [1.29, 1.82) is 0 Å². The number of esters is 1. The standard InChI is InChI=1S/C22H37NO2/c1-2-3-4-5-6-7-8-9-10-11-12-13-14-15-16-17-18-19-20-25-22(24)21-23/h6-7,9-10,12-13,15-16H,2-5,8,11,14,17-21,23H2,1H3/b7-6-,10-9-,13-12-,16-15-. The summed E-state index contributed by atoms with van der Waals surface area (Å²) in [7, 11) is 0. The van der Waals surface area contributed by atoms with Crippen molar-refractivity contribution in [1.82, 2.24) is 0 Å². The van der Waals surface area contributed by atoms with Gasteiger partial charge in [-0.05, 0) is 51.4 Å². The highest BCUT2D eigenvalue weighted by atomic mass is 16.5. The zero-order valence-corrected chi connectivity index (χ0v) is 16.0. The van der Waals surface area contributed by atoms with Gasteiger partial charge < -0.3 is 10.5 Å². The first kappa shape index (κ1) is 23.4. The van der Waals surface area contributed by atoms with E-state index >= 15 is 0 Å². The summed E-state index contributed by atoms with van der Waals surface area (Å²) in [4.78, 5) is 10.8. The number of rotatable bonds is 16. The normalized spacial score (nSPS) is 12.2. The first-order valence-electron chi connectivity index (χ1n) is 9.77. The Labute approximate surface area is 154 Å². The molecule has 3 heteroatoms. The predicted octanol–water partition coefficient (Wildman–Crippen LogP) is 5.63. The fraction of sp³-hybridized carbons (Fsp3) is 0.591. The molecule has 2 N–H and O–H groups in total. The summed E-state index contributed by atoms with van der Waals surface area (Å²) < 4.78 is 4.91. The van der Waals surface area contributed by atoms with Crippen molar-refractivity contribution < 1.29 is 9.53 Å². The summed E-state index contributed by atoms with van der Waals surface area (Å²) in [5, 5.41) is 0. The molecule has 0 rings (SSSR count). The third-order valence-electron chi connectivity index (χ3n) is 3.65. The molecule has 0 spiro atoms. The van der Waals surface area contributed by atoms with Crippen molar-refractivity contribution in [2.24, 2.45) is 5.73 Å². The topological polar surface area (TPSA) is 52.3 Å². The van der Waals surface area contributed by atoms with Crippen LogP contribution < -0.4 is 5.73 Å². The molecule has 0 saturated carbocycles. The molecule has 3 nitrogen and oxygen atoms in total. The fourth-order valence-corrected chi connectivity index (χ4v) is 2.17. The summed E-state index contributed by atoms with van der Waals surface area (Å²) in [5.74, 6) is -0.322. The Balaban J connectivity index is 3.39. The van der Waals surface area contributed by atoms with Crippen molar-refractivity contribution in [3.63, 3.8) is 0 Å². The lowest BCUT2D eigenvalue weighted by atomic mass is 10.2. The number of nitrogens with two attached hydrogens (primary N) is 1. The number of unbranched alkanes of at least 4 members (excludes halogenated alkanes) is 5. The Morgan fingerprint density at radius 1 is 0.760 bits per heavy atom. The molecule has 25 heavy (non-hydrogen) atoms. The van der Waals surface area contributed by atoms with E-state index in [4.69, 9.17) is 10.5 Å². The molecule has 0 saturated heterocycles. The predicted molar refractivity (Wildman–Crippen MR) is 108 cm³/mol. The van der Waals surface area contributed by atoms with Crippen LogP contribution in [0.15, 0.2) is 48.6 Å². The zero-order chi connectivity index (χ0) is 18.4. The molecule has 0 aliphatic rings. The highest BCUT2D eigenvalue weighted by Gasteiger charge is 1.96. The van der Waals surface area contributed by atoms with E-state index in [1.165, 1.54) is 25.7 Å². The fourth-order valence-electron chi connectivity index (χ4n) is 2.17. The molecular weight excluding hydrogens is 310 g/mol. The van der Waals surface area contributed by atoms with Crippen molar-refractivity contribution in [3.05, 3.63) is 48.6 Å². The van der Waals surface area contributed by atoms with Crippen LogP contribution in [0.5, 0.6) is 0 Å². The number of carbonyl (C=O) groups excluding carboxylic acids is 1. The van der Waals surface area contributed by atoms with Gasteiger partial charge in [-0.15, -0.1) is 0 Å². The molecule has 0 amide bonds. The number of hydrogen-bond donors (Lipinski definition) is 1. The molecule has 0 aliphatic heterocycles. The molecule has 0 aromatic heterocycles. The lowest BCUT2D eigenvalue weighted by Gasteiger charge is -2.01. The van der Waals surface area contributed by atoms with Crippen LogP contribution in [0, 0.1) is 0 Å². The van der Waals surface area contributed by atoms with Crippen molar-refractivity contribution in [3.8, 4) is 0 Å². The molecule has 0 unspecified atom stereocenters. The van der Waals surface area contributed by atoms with Crippen LogP contribution in [0.1, 0.15) is 71.1 Å². The van der Waals surface area contributed by atoms with Gasteiger partial charge in [-0.25, -0.2) is 0 Å². The van der Waals surface area contributed by atoms with Gasteiger partial charge in [0.2, 0.25) is 0 Å². The number of carbonyl (C=O) groups is 1. The van der Waals surface area contributed by atoms with Gasteiger partial charge in [0.25, 0.3) is 0 Å². The van der Waals surface area contributed by atoms with Gasteiger partial charge in [0, 0.05) is 0 Å². The Kier molecular flexibility index (Phi) is 19.1. The smallest absolute Gasteiger partial charge is 0.319 e. The minimum Gasteiger partial charge on any atom is -0.465 e. The third kappa shape index (κ3) is 20.3. The summed E-state index contributed by atoms with van der Waals surface area (Å²) >= 11 is 0. The van der Waals surface area contributed by atoms with Crippen LogP contribution >= 0.6 is 0 Å². The summed E-state index contributed by atoms with van der Waals surface area (Å²) in [6.45, 7) is 2.68. The Bertz CT molecular complexity index is 408. The van der Waals surface area contributed by atoms with Crippen LogP contribution in [0.25, 0.3) is 0 Å². The number of ether oxygens (including phenoxy) is 1. The van der Waals surface area contributed by atoms with E-state index in [2.05, 4.69) is 55.5 Å². The van der Waals surface area contributed by atoms with Gasteiger partial charge in [-0.1, -0.05) is 68.4 Å². The average Bonchev–Trinajstić information content (AvgIpc) is 2.63. The zero-order valence-electron chi connectivity index (χ0n) is 16.0. The highest BCUT2D eigenvalue weighted by Crippen LogP contribution is 2.01. The maximum atomic E-state index is 10.8. The largest absolute Gasteiger partial charge is 0.465 e. The first-order chi connectivity index (χ1) is 12.3. The minimum absolute atomic E-state index is 0.0306. The maximum absolute atomic E-state index is 10.8. The van der Waals surface area contributed by atoms with Gasteiger partial charge in [0.1, 0.15) is 0 Å². The SMILES string of the molecule is CCCCC/C=C\C/C=C\C/C=C\C/C=C\CCCCOC(=O)CN. The van der Waals surface area contributed by atoms with E-state index in [0.717, 1.165) is 38.5 Å². The molecule has 142 valence electrons. The van der Waals surface area contributed by atoms with E-state index in [-0.39, 0.29) is 12.5 Å². The van der Waals surface area contributed by atoms with E-state index in [0.29, 0.717) is 6.61 Å². The second-order valence-electron chi connectivity index (χ2n) is 6.01. The second-order valence-corrected chi connectivity index (χ2v) is 6.01. The van der Waals surface area contributed by atoms with Crippen LogP contribution in [0.4, 0.5) is 0 Å². The minimum atomic E-state index is -0.322. The molecule has 0 aromatic carbocycles. The van der Waals surface area contributed by atoms with Gasteiger partial charge >= 0.3 is 5.97 Å². The average molecular weight is 348 g/mol. The van der Waals surface area contributed by atoms with Crippen LogP contribution in [-0.4, -0.2) is 19.1 Å². The van der Waals surface area contributed by atoms with Crippen molar-refractivity contribution in [2.75, 3.05) is 13.2 Å². The van der Waals surface area contributed by atoms with Gasteiger partial charge in [0.15, 0.2) is 0 Å². The van der Waals surface area contributed by atoms with Gasteiger partial charge in [-0.2, -0.15) is 0 Å². The molecular formula is C22H37NO2. The number of allylic oxidation sites excluding steroid dienone is 8. The van der Waals surface area contributed by atoms with Crippen LogP contribution in [0.3, 0.4) is 0 Å². The highest BCUT2D eigenvalue weighted by molar-refractivity contribution is 5.71. The van der Waals surface area contributed by atoms with E-state index in [9.17, 15) is 4.79 Å². The van der Waals surface area contributed by atoms with Gasteiger partial charge in [0.05, 0.1) is 13.2 Å². The molecule has 0 fully saturated rings. The molecule has 0 bridgehead atoms. The third-order valence-corrected chi connectivity index (χ3v) is 3.65. The summed E-state index contributed by atoms with van der Waals surface area (Å²) in [6, 6.07) is 0. The lowest BCUT2D eigenvalue weighted by molar-refractivity contribution is -0.142. The van der Waals surface area contributed by atoms with E-state index < -0.39 is 0 Å². The Morgan fingerprint density at radius 2 is 1.24 bits per heavy atom. The van der Waals surface area contributed by atoms with Crippen molar-refractivity contribution in [2.45, 2.75) is 71.1 Å². The Hall–Kier alpha value is -1.61. The Morgan fingerprint density at radius 3 is 1.72 bits per heavy atom. The van der Waals surface area contributed by atoms with E-state index in [1.807, 2.05) is 0 Å².